The van der Waals surface area contributed by atoms with E-state index in [9.17, 15) is 4.79 Å². The van der Waals surface area contributed by atoms with Gasteiger partial charge in [-0.25, -0.2) is 0 Å². The van der Waals surface area contributed by atoms with Crippen LogP contribution in [0.25, 0.3) is 0 Å². The number of anilines is 1. The van der Waals surface area contributed by atoms with Crippen molar-refractivity contribution in [2.45, 2.75) is 6.54 Å². The molecule has 0 aliphatic rings. The summed E-state index contributed by atoms with van der Waals surface area (Å²) in [5.74, 6) is 1.36. The minimum atomic E-state index is -0.124. The van der Waals surface area contributed by atoms with E-state index in [1.165, 1.54) is 0 Å². The van der Waals surface area contributed by atoms with Crippen molar-refractivity contribution >= 4 is 11.6 Å². The van der Waals surface area contributed by atoms with Gasteiger partial charge in [0.15, 0.2) is 0 Å². The lowest BCUT2D eigenvalue weighted by Crippen LogP contribution is -2.27. The lowest BCUT2D eigenvalue weighted by molar-refractivity contribution is -0.115. The molecule has 1 heterocycles. The number of benzene rings is 1. The van der Waals surface area contributed by atoms with Crippen molar-refractivity contribution in [3.63, 3.8) is 0 Å². The normalized spacial score (nSPS) is 10.4. The molecule has 2 aromatic rings. The number of rotatable bonds is 9. The summed E-state index contributed by atoms with van der Waals surface area (Å²) in [5.41, 5.74) is 0.694. The first-order valence-electron chi connectivity index (χ1n) is 7.02. The van der Waals surface area contributed by atoms with E-state index in [4.69, 9.17) is 13.9 Å². The molecular formula is C16H20N2O4. The van der Waals surface area contributed by atoms with Crippen molar-refractivity contribution < 1.29 is 18.7 Å². The molecule has 0 radical (unpaired) electrons. The molecule has 0 saturated heterocycles. The van der Waals surface area contributed by atoms with Gasteiger partial charge < -0.3 is 24.5 Å². The Balaban J connectivity index is 1.74. The first-order valence-corrected chi connectivity index (χ1v) is 7.02. The summed E-state index contributed by atoms with van der Waals surface area (Å²) >= 11 is 0. The zero-order valence-electron chi connectivity index (χ0n) is 12.5. The van der Waals surface area contributed by atoms with E-state index in [0.717, 1.165) is 5.76 Å². The van der Waals surface area contributed by atoms with Gasteiger partial charge in [0.2, 0.25) is 5.91 Å². The molecular weight excluding hydrogens is 284 g/mol. The van der Waals surface area contributed by atoms with E-state index in [2.05, 4.69) is 10.6 Å². The van der Waals surface area contributed by atoms with E-state index in [1.54, 1.807) is 19.4 Å². The molecule has 0 atom stereocenters. The molecule has 0 spiro atoms. The summed E-state index contributed by atoms with van der Waals surface area (Å²) in [5, 5.41) is 5.82. The summed E-state index contributed by atoms with van der Waals surface area (Å²) in [6, 6.07) is 10.9. The van der Waals surface area contributed by atoms with Crippen molar-refractivity contribution in [3.05, 3.63) is 48.4 Å². The van der Waals surface area contributed by atoms with Crippen LogP contribution in [0.1, 0.15) is 5.76 Å². The lowest BCUT2D eigenvalue weighted by atomic mass is 10.3. The van der Waals surface area contributed by atoms with E-state index in [0.29, 0.717) is 31.2 Å². The highest BCUT2D eigenvalue weighted by atomic mass is 16.5. The fraction of sp³-hybridized carbons (Fsp3) is 0.312. The molecule has 1 amide bonds. The highest BCUT2D eigenvalue weighted by Crippen LogP contribution is 2.17. The Morgan fingerprint density at radius 1 is 1.23 bits per heavy atom. The van der Waals surface area contributed by atoms with Crippen molar-refractivity contribution in [2.75, 3.05) is 32.2 Å². The molecule has 2 N–H and O–H groups in total. The Labute approximate surface area is 129 Å². The molecule has 1 aromatic heterocycles. The van der Waals surface area contributed by atoms with Crippen LogP contribution in [-0.4, -0.2) is 32.8 Å². The highest BCUT2D eigenvalue weighted by molar-refractivity contribution is 5.92. The number of carbonyl (C=O) groups excluding carboxylic acids is 1. The Kier molecular flexibility index (Phi) is 6.47. The van der Waals surface area contributed by atoms with Crippen molar-refractivity contribution in [2.24, 2.45) is 0 Å². The molecule has 6 heteroatoms. The summed E-state index contributed by atoms with van der Waals surface area (Å²) < 4.78 is 15.6. The fourth-order valence-corrected chi connectivity index (χ4v) is 1.82. The maximum Gasteiger partial charge on any atom is 0.238 e. The number of carbonyl (C=O) groups is 1. The summed E-state index contributed by atoms with van der Waals surface area (Å²) in [4.78, 5) is 11.8. The van der Waals surface area contributed by atoms with E-state index < -0.39 is 0 Å². The molecule has 0 bridgehead atoms. The number of hydrogen-bond acceptors (Lipinski definition) is 5. The predicted molar refractivity (Wildman–Crippen MR) is 82.9 cm³/mol. The second-order valence-corrected chi connectivity index (χ2v) is 4.60. The SMILES string of the molecule is COCCOc1cccc(NC(=O)CNCc2ccco2)c1. The van der Waals surface area contributed by atoms with Gasteiger partial charge in [0, 0.05) is 18.9 Å². The second kappa shape index (κ2) is 8.86. The van der Waals surface area contributed by atoms with E-state index >= 15 is 0 Å². The standard InChI is InChI=1S/C16H20N2O4/c1-20-8-9-22-14-5-2-4-13(10-14)18-16(19)12-17-11-15-6-3-7-21-15/h2-7,10,17H,8-9,11-12H2,1H3,(H,18,19). The van der Waals surface area contributed by atoms with Crippen LogP contribution in [0.5, 0.6) is 5.75 Å². The van der Waals surface area contributed by atoms with Gasteiger partial charge in [-0.2, -0.15) is 0 Å². The number of ether oxygens (including phenoxy) is 2. The van der Waals surface area contributed by atoms with Crippen LogP contribution in [0.3, 0.4) is 0 Å². The molecule has 0 fully saturated rings. The van der Waals surface area contributed by atoms with Gasteiger partial charge in [0.05, 0.1) is 26.0 Å². The quantitative estimate of drug-likeness (QED) is 0.694. The summed E-state index contributed by atoms with van der Waals surface area (Å²) in [6.45, 7) is 1.71. The number of methoxy groups -OCH3 is 1. The molecule has 2 rings (SSSR count). The van der Waals surface area contributed by atoms with Gasteiger partial charge in [-0.05, 0) is 24.3 Å². The average molecular weight is 304 g/mol. The van der Waals surface area contributed by atoms with Gasteiger partial charge in [-0.15, -0.1) is 0 Å². The zero-order chi connectivity index (χ0) is 15.6. The van der Waals surface area contributed by atoms with Crippen molar-refractivity contribution in [3.8, 4) is 5.75 Å². The van der Waals surface area contributed by atoms with Gasteiger partial charge >= 0.3 is 0 Å². The Bertz CT molecular complexity index is 569. The topological polar surface area (TPSA) is 72.7 Å². The largest absolute Gasteiger partial charge is 0.491 e. The Hall–Kier alpha value is -2.31. The van der Waals surface area contributed by atoms with Crippen LogP contribution < -0.4 is 15.4 Å². The first kappa shape index (κ1) is 16.1. The predicted octanol–water partition coefficient (Wildman–Crippen LogP) is 2.03. The van der Waals surface area contributed by atoms with E-state index in [-0.39, 0.29) is 12.5 Å². The third kappa shape index (κ3) is 5.59. The van der Waals surface area contributed by atoms with Crippen molar-refractivity contribution in [1.82, 2.24) is 5.32 Å². The van der Waals surface area contributed by atoms with Crippen LogP contribution >= 0.6 is 0 Å². The molecule has 0 unspecified atom stereocenters. The maximum absolute atomic E-state index is 11.8. The molecule has 1 aromatic carbocycles. The molecule has 0 saturated carbocycles. The fourth-order valence-electron chi connectivity index (χ4n) is 1.82. The molecule has 118 valence electrons. The lowest BCUT2D eigenvalue weighted by Gasteiger charge is -2.09. The van der Waals surface area contributed by atoms with Gasteiger partial charge in [0.1, 0.15) is 18.1 Å². The van der Waals surface area contributed by atoms with E-state index in [1.807, 2.05) is 30.3 Å². The van der Waals surface area contributed by atoms with Crippen LogP contribution in [0, 0.1) is 0 Å². The number of hydrogen-bond donors (Lipinski definition) is 2. The third-order valence-corrected chi connectivity index (χ3v) is 2.84. The van der Waals surface area contributed by atoms with Crippen LogP contribution in [0.2, 0.25) is 0 Å². The minimum Gasteiger partial charge on any atom is -0.491 e. The third-order valence-electron chi connectivity index (χ3n) is 2.84. The van der Waals surface area contributed by atoms with Crippen LogP contribution in [-0.2, 0) is 16.1 Å². The zero-order valence-corrected chi connectivity index (χ0v) is 12.5. The monoisotopic (exact) mass is 304 g/mol. The van der Waals surface area contributed by atoms with Crippen LogP contribution in [0.4, 0.5) is 5.69 Å². The molecule has 6 nitrogen and oxygen atoms in total. The summed E-state index contributed by atoms with van der Waals surface area (Å²) in [6.07, 6.45) is 1.60. The smallest absolute Gasteiger partial charge is 0.238 e. The number of amides is 1. The van der Waals surface area contributed by atoms with Gasteiger partial charge in [-0.1, -0.05) is 6.07 Å². The second-order valence-electron chi connectivity index (χ2n) is 4.60. The van der Waals surface area contributed by atoms with Gasteiger partial charge in [0.25, 0.3) is 0 Å². The average Bonchev–Trinajstić information content (AvgIpc) is 3.01. The number of nitrogens with one attached hydrogen (secondary N) is 2. The molecule has 0 aliphatic carbocycles. The first-order chi connectivity index (χ1) is 10.8. The van der Waals surface area contributed by atoms with Gasteiger partial charge in [-0.3, -0.25) is 4.79 Å². The number of furan rings is 1. The molecule has 22 heavy (non-hydrogen) atoms. The van der Waals surface area contributed by atoms with Crippen molar-refractivity contribution in [1.29, 1.82) is 0 Å². The van der Waals surface area contributed by atoms with Crippen LogP contribution in [0.15, 0.2) is 47.1 Å². The highest BCUT2D eigenvalue weighted by Gasteiger charge is 2.04. The molecule has 0 aliphatic heterocycles. The Morgan fingerprint density at radius 3 is 2.91 bits per heavy atom. The maximum atomic E-state index is 11.8. The summed E-state index contributed by atoms with van der Waals surface area (Å²) in [7, 11) is 1.62. The minimum absolute atomic E-state index is 0.124. The Morgan fingerprint density at radius 2 is 2.14 bits per heavy atom.